The smallest absolute Gasteiger partial charge is 0.335 e. The minimum atomic E-state index is -1.18. The third-order valence-corrected chi connectivity index (χ3v) is 3.75. The van der Waals surface area contributed by atoms with Crippen LogP contribution in [0.1, 0.15) is 33.7 Å². The van der Waals surface area contributed by atoms with Crippen LogP contribution in [0.15, 0.2) is 18.2 Å². The van der Waals surface area contributed by atoms with Crippen LogP contribution in [-0.2, 0) is 18.3 Å². The number of carboxylic acid groups (broad SMARTS) is 1. The summed E-state index contributed by atoms with van der Waals surface area (Å²) < 4.78 is 15.4. The normalized spacial score (nSPS) is 10.6. The van der Waals surface area contributed by atoms with E-state index in [1.165, 1.54) is 0 Å². The molecule has 0 bridgehead atoms. The largest absolute Gasteiger partial charge is 0.478 e. The van der Waals surface area contributed by atoms with Crippen molar-refractivity contribution in [2.75, 3.05) is 5.32 Å². The molecule has 0 atom stereocenters. The first kappa shape index (κ1) is 16.7. The highest BCUT2D eigenvalue weighted by Crippen LogP contribution is 2.18. The number of aromatic carboxylic acids is 1. The summed E-state index contributed by atoms with van der Waals surface area (Å²) in [6.45, 7) is 3.79. The maximum atomic E-state index is 13.7. The number of aromatic nitrogens is 2. The van der Waals surface area contributed by atoms with Crippen molar-refractivity contribution in [1.82, 2.24) is 9.78 Å². The number of carbonyl (C=O) groups excluding carboxylic acids is 1. The quantitative estimate of drug-likeness (QED) is 0.886. The average molecular weight is 319 g/mol. The molecule has 1 aromatic carbocycles. The van der Waals surface area contributed by atoms with E-state index in [0.717, 1.165) is 35.2 Å². The van der Waals surface area contributed by atoms with E-state index in [1.54, 1.807) is 4.68 Å². The lowest BCUT2D eigenvalue weighted by Crippen LogP contribution is -2.14. The van der Waals surface area contributed by atoms with Gasteiger partial charge in [0, 0.05) is 19.2 Å². The molecular weight excluding hydrogens is 301 g/mol. The third-order valence-electron chi connectivity index (χ3n) is 3.75. The number of nitrogens with zero attached hydrogens (tertiary/aromatic N) is 2. The van der Waals surface area contributed by atoms with Crippen LogP contribution in [-0.4, -0.2) is 26.8 Å². The molecule has 1 aromatic heterocycles. The molecule has 0 aliphatic heterocycles. The van der Waals surface area contributed by atoms with Crippen LogP contribution in [0.3, 0.4) is 0 Å². The number of benzene rings is 1. The van der Waals surface area contributed by atoms with Gasteiger partial charge in [0.05, 0.1) is 16.9 Å². The molecule has 2 N–H and O–H groups in total. The van der Waals surface area contributed by atoms with Gasteiger partial charge >= 0.3 is 5.97 Å². The van der Waals surface area contributed by atoms with Gasteiger partial charge in [-0.2, -0.15) is 5.10 Å². The van der Waals surface area contributed by atoms with E-state index in [-0.39, 0.29) is 23.6 Å². The highest BCUT2D eigenvalue weighted by molar-refractivity contribution is 5.94. The number of carboxylic acids is 1. The maximum Gasteiger partial charge on any atom is 0.335 e. The summed E-state index contributed by atoms with van der Waals surface area (Å²) in [6.07, 6.45) is 0.641. The Morgan fingerprint density at radius 2 is 2.04 bits per heavy atom. The number of carbonyl (C=O) groups is 2. The lowest BCUT2D eigenvalue weighted by molar-refractivity contribution is -0.116. The number of amides is 1. The average Bonchev–Trinajstić information content (AvgIpc) is 2.72. The SMILES string of the molecule is Cc1nn(C)c(C)c1CCC(=O)Nc1cc(C(=O)O)ccc1F. The number of aryl methyl sites for hydroxylation is 2. The Balaban J connectivity index is 2.05. The van der Waals surface area contributed by atoms with E-state index in [0.29, 0.717) is 6.42 Å². The van der Waals surface area contributed by atoms with Gasteiger partial charge in [0.1, 0.15) is 5.82 Å². The molecule has 0 aliphatic carbocycles. The summed E-state index contributed by atoms with van der Waals surface area (Å²) in [5.74, 6) is -2.23. The summed E-state index contributed by atoms with van der Waals surface area (Å²) in [7, 11) is 1.83. The van der Waals surface area contributed by atoms with Crippen molar-refractivity contribution in [3.05, 3.63) is 46.5 Å². The van der Waals surface area contributed by atoms with E-state index >= 15 is 0 Å². The summed E-state index contributed by atoms with van der Waals surface area (Å²) in [5.41, 5.74) is 2.61. The molecule has 1 heterocycles. The van der Waals surface area contributed by atoms with Gasteiger partial charge in [-0.15, -0.1) is 0 Å². The molecule has 1 amide bonds. The number of halogens is 1. The van der Waals surface area contributed by atoms with Gasteiger partial charge in [-0.25, -0.2) is 9.18 Å². The first-order valence-corrected chi connectivity index (χ1v) is 7.11. The van der Waals surface area contributed by atoms with Crippen LogP contribution >= 0.6 is 0 Å². The molecule has 2 rings (SSSR count). The zero-order valence-corrected chi connectivity index (χ0v) is 13.2. The van der Waals surface area contributed by atoms with E-state index < -0.39 is 11.8 Å². The van der Waals surface area contributed by atoms with Gasteiger partial charge in [-0.1, -0.05) is 0 Å². The van der Waals surface area contributed by atoms with Gasteiger partial charge in [-0.05, 0) is 44.0 Å². The van der Waals surface area contributed by atoms with E-state index in [1.807, 2.05) is 20.9 Å². The van der Waals surface area contributed by atoms with Crippen molar-refractivity contribution in [1.29, 1.82) is 0 Å². The molecule has 0 saturated carbocycles. The molecule has 0 radical (unpaired) electrons. The van der Waals surface area contributed by atoms with Gasteiger partial charge in [0.25, 0.3) is 0 Å². The molecule has 2 aromatic rings. The number of hydrogen-bond donors (Lipinski definition) is 2. The molecule has 0 saturated heterocycles. The van der Waals surface area contributed by atoms with Gasteiger partial charge < -0.3 is 10.4 Å². The Hall–Kier alpha value is -2.70. The lowest BCUT2D eigenvalue weighted by atomic mass is 10.1. The van der Waals surface area contributed by atoms with Crippen molar-refractivity contribution in [2.24, 2.45) is 7.05 Å². The van der Waals surface area contributed by atoms with Crippen molar-refractivity contribution in [2.45, 2.75) is 26.7 Å². The zero-order chi connectivity index (χ0) is 17.1. The van der Waals surface area contributed by atoms with Crippen molar-refractivity contribution in [3.63, 3.8) is 0 Å². The standard InChI is InChI=1S/C16H18FN3O3/c1-9-12(10(2)20(3)19-9)5-7-15(21)18-14-8-11(16(22)23)4-6-13(14)17/h4,6,8H,5,7H2,1-3H3,(H,18,21)(H,22,23). The Labute approximate surface area is 132 Å². The van der Waals surface area contributed by atoms with Crippen LogP contribution in [0.2, 0.25) is 0 Å². The fourth-order valence-corrected chi connectivity index (χ4v) is 2.38. The minimum Gasteiger partial charge on any atom is -0.478 e. The summed E-state index contributed by atoms with van der Waals surface area (Å²) in [5, 5.41) is 15.6. The van der Waals surface area contributed by atoms with E-state index in [9.17, 15) is 14.0 Å². The molecule has 7 heteroatoms. The summed E-state index contributed by atoms with van der Waals surface area (Å²) in [6, 6.07) is 3.28. The monoisotopic (exact) mass is 319 g/mol. The second-order valence-electron chi connectivity index (χ2n) is 5.32. The Kier molecular flexibility index (Phi) is 4.78. The molecule has 23 heavy (non-hydrogen) atoms. The maximum absolute atomic E-state index is 13.7. The molecular formula is C16H18FN3O3. The first-order chi connectivity index (χ1) is 10.8. The predicted octanol–water partition coefficient (Wildman–Crippen LogP) is 2.45. The van der Waals surface area contributed by atoms with E-state index in [2.05, 4.69) is 10.4 Å². The Bertz CT molecular complexity index is 768. The number of hydrogen-bond acceptors (Lipinski definition) is 3. The number of nitrogens with one attached hydrogen (secondary N) is 1. The molecule has 0 fully saturated rings. The van der Waals surface area contributed by atoms with Crippen LogP contribution in [0, 0.1) is 19.7 Å². The molecule has 0 spiro atoms. The molecule has 0 unspecified atom stereocenters. The summed E-state index contributed by atoms with van der Waals surface area (Å²) >= 11 is 0. The highest BCUT2D eigenvalue weighted by Gasteiger charge is 2.14. The van der Waals surface area contributed by atoms with Crippen LogP contribution in [0.5, 0.6) is 0 Å². The number of rotatable bonds is 5. The molecule has 0 aliphatic rings. The van der Waals surface area contributed by atoms with Crippen molar-refractivity contribution >= 4 is 17.6 Å². The topological polar surface area (TPSA) is 84.2 Å². The third kappa shape index (κ3) is 3.74. The Morgan fingerprint density at radius 1 is 1.35 bits per heavy atom. The second-order valence-corrected chi connectivity index (χ2v) is 5.32. The van der Waals surface area contributed by atoms with Crippen LogP contribution < -0.4 is 5.32 Å². The highest BCUT2D eigenvalue weighted by atomic mass is 19.1. The van der Waals surface area contributed by atoms with Gasteiger partial charge in [0.15, 0.2) is 0 Å². The summed E-state index contributed by atoms with van der Waals surface area (Å²) in [4.78, 5) is 22.9. The number of anilines is 1. The fraction of sp³-hybridized carbons (Fsp3) is 0.312. The van der Waals surface area contributed by atoms with Gasteiger partial charge in [0.2, 0.25) is 5.91 Å². The minimum absolute atomic E-state index is 0.0827. The lowest BCUT2D eigenvalue weighted by Gasteiger charge is -2.08. The van der Waals surface area contributed by atoms with E-state index in [4.69, 9.17) is 5.11 Å². The van der Waals surface area contributed by atoms with Crippen LogP contribution in [0.25, 0.3) is 0 Å². The van der Waals surface area contributed by atoms with Crippen molar-refractivity contribution in [3.8, 4) is 0 Å². The van der Waals surface area contributed by atoms with Crippen LogP contribution in [0.4, 0.5) is 10.1 Å². The molecule has 122 valence electrons. The Morgan fingerprint density at radius 3 is 2.61 bits per heavy atom. The predicted molar refractivity (Wildman–Crippen MR) is 83.0 cm³/mol. The molecule has 6 nitrogen and oxygen atoms in total. The van der Waals surface area contributed by atoms with Crippen molar-refractivity contribution < 1.29 is 19.1 Å². The fourth-order valence-electron chi connectivity index (χ4n) is 2.38. The van der Waals surface area contributed by atoms with Gasteiger partial charge in [-0.3, -0.25) is 9.48 Å². The second kappa shape index (κ2) is 6.60. The first-order valence-electron chi connectivity index (χ1n) is 7.11. The zero-order valence-electron chi connectivity index (χ0n) is 13.2.